The predicted octanol–water partition coefficient (Wildman–Crippen LogP) is 7.59. The van der Waals surface area contributed by atoms with Crippen LogP contribution in [0.2, 0.25) is 0 Å². The van der Waals surface area contributed by atoms with Crippen LogP contribution in [-0.2, 0) is 28.5 Å². The van der Waals surface area contributed by atoms with Gasteiger partial charge >= 0.3 is 12.2 Å². The lowest BCUT2D eigenvalue weighted by Crippen LogP contribution is -2.53. The number of alkyl carbamates (subject to hydrolysis) is 2. The second-order valence-electron chi connectivity index (χ2n) is 18.6. The van der Waals surface area contributed by atoms with Gasteiger partial charge in [-0.3, -0.25) is 9.59 Å². The average Bonchev–Trinajstić information content (AvgIpc) is 4.23. The van der Waals surface area contributed by atoms with Gasteiger partial charge in [-0.15, -0.1) is 0 Å². The number of aromatic nitrogens is 4. The van der Waals surface area contributed by atoms with Gasteiger partial charge in [0.05, 0.1) is 68.5 Å². The number of amides is 4. The van der Waals surface area contributed by atoms with E-state index in [1.807, 2.05) is 73.9 Å². The highest BCUT2D eigenvalue weighted by Gasteiger charge is 2.49. The maximum Gasteiger partial charge on any atom is 0.407 e. The topological polar surface area (TPSA) is 212 Å². The van der Waals surface area contributed by atoms with E-state index in [-0.39, 0.29) is 60.9 Å². The molecule has 18 nitrogen and oxygen atoms in total. The molecular formula is C52H64N8O10. The number of carbonyl (C=O) groups is 4. The summed E-state index contributed by atoms with van der Waals surface area (Å²) in [5.41, 5.74) is 6.68. The Morgan fingerprint density at radius 3 is 1.97 bits per heavy atom. The van der Waals surface area contributed by atoms with Crippen LogP contribution in [0.3, 0.4) is 0 Å². The van der Waals surface area contributed by atoms with E-state index in [1.165, 1.54) is 14.2 Å². The fraction of sp³-hybridized carbons (Fsp3) is 0.462. The molecule has 0 spiro atoms. The maximum atomic E-state index is 14.2. The predicted molar refractivity (Wildman–Crippen MR) is 262 cm³/mol. The summed E-state index contributed by atoms with van der Waals surface area (Å²) in [5.74, 6) is 1.71. The number of nitrogens with one attached hydrogen (secondary N) is 4. The first-order valence-corrected chi connectivity index (χ1v) is 23.9. The van der Waals surface area contributed by atoms with Gasteiger partial charge in [0.2, 0.25) is 11.8 Å². The number of hydrogen-bond donors (Lipinski definition) is 4. The van der Waals surface area contributed by atoms with Crippen molar-refractivity contribution in [3.8, 4) is 45.0 Å². The number of ether oxygens (including phenoxy) is 6. The molecule has 8 rings (SSSR count). The number of hydrogen-bond acceptors (Lipinski definition) is 12. The molecule has 2 bridgehead atoms. The minimum absolute atomic E-state index is 0.0375. The van der Waals surface area contributed by atoms with Crippen molar-refractivity contribution in [1.29, 1.82) is 0 Å². The smallest absolute Gasteiger partial charge is 0.407 e. The quantitative estimate of drug-likeness (QED) is 0.0466. The van der Waals surface area contributed by atoms with Gasteiger partial charge in [0.1, 0.15) is 36.9 Å². The normalized spacial score (nSPS) is 19.2. The summed E-state index contributed by atoms with van der Waals surface area (Å²) in [6, 6.07) is 16.0. The molecule has 4 N–H and O–H groups in total. The summed E-state index contributed by atoms with van der Waals surface area (Å²) in [6.45, 7) is 9.33. The lowest BCUT2D eigenvalue weighted by Gasteiger charge is -2.35. The third-order valence-electron chi connectivity index (χ3n) is 13.4. The summed E-state index contributed by atoms with van der Waals surface area (Å²) < 4.78 is 33.5. The molecule has 2 fully saturated rings. The lowest BCUT2D eigenvalue weighted by atomic mass is 9.97. The fourth-order valence-electron chi connectivity index (χ4n) is 9.82. The van der Waals surface area contributed by atoms with Gasteiger partial charge in [0.15, 0.2) is 11.5 Å². The van der Waals surface area contributed by atoms with Crippen molar-refractivity contribution < 1.29 is 47.6 Å². The molecule has 2 aliphatic heterocycles. The molecule has 18 heteroatoms. The van der Waals surface area contributed by atoms with Gasteiger partial charge in [0, 0.05) is 37.8 Å². The number of likely N-dealkylation sites (tertiary alicyclic amines) is 2. The van der Waals surface area contributed by atoms with Gasteiger partial charge in [-0.25, -0.2) is 19.6 Å². The molecule has 0 unspecified atom stereocenters. The molecule has 0 radical (unpaired) electrons. The number of fused-ring (bicyclic) bond motifs is 3. The highest BCUT2D eigenvalue weighted by atomic mass is 16.6. The van der Waals surface area contributed by atoms with E-state index in [9.17, 15) is 19.2 Å². The molecule has 1 aliphatic carbocycles. The molecule has 6 atom stereocenters. The molecule has 4 amide bonds. The van der Waals surface area contributed by atoms with E-state index in [1.54, 1.807) is 20.4 Å². The van der Waals surface area contributed by atoms with Crippen molar-refractivity contribution in [2.24, 2.45) is 17.8 Å². The minimum atomic E-state index is -0.781. The number of benzene rings is 3. The first-order valence-electron chi connectivity index (χ1n) is 23.9. The van der Waals surface area contributed by atoms with E-state index in [2.05, 4.69) is 51.0 Å². The molecule has 5 aromatic rings. The molecule has 2 aromatic heterocycles. The van der Waals surface area contributed by atoms with Gasteiger partial charge in [-0.1, -0.05) is 70.2 Å². The zero-order valence-electron chi connectivity index (χ0n) is 41.1. The third-order valence-corrected chi connectivity index (χ3v) is 13.4. The molecular weight excluding hydrogens is 897 g/mol. The van der Waals surface area contributed by atoms with Crippen LogP contribution in [-0.4, -0.2) is 133 Å². The van der Waals surface area contributed by atoms with E-state index in [0.717, 1.165) is 52.5 Å². The molecule has 4 heterocycles. The number of rotatable bonds is 19. The highest BCUT2D eigenvalue weighted by molar-refractivity contribution is 5.89. The van der Waals surface area contributed by atoms with Crippen LogP contribution < -0.4 is 20.1 Å². The molecule has 0 saturated carbocycles. The van der Waals surface area contributed by atoms with Crippen molar-refractivity contribution in [3.05, 3.63) is 84.6 Å². The number of H-pyrrole nitrogens is 2. The Balaban J connectivity index is 1.08. The van der Waals surface area contributed by atoms with E-state index >= 15 is 0 Å². The Labute approximate surface area is 407 Å². The van der Waals surface area contributed by atoms with E-state index in [0.29, 0.717) is 54.2 Å². The van der Waals surface area contributed by atoms with Crippen LogP contribution in [0.25, 0.3) is 44.5 Å². The number of carbonyl (C=O) groups excluding carboxylic acids is 4. The van der Waals surface area contributed by atoms with Crippen LogP contribution in [0.1, 0.15) is 70.7 Å². The molecule has 3 aromatic carbocycles. The first kappa shape index (κ1) is 49.5. The number of methoxy groups -OCH3 is 4. The largest absolute Gasteiger partial charge is 0.487 e. The molecule has 70 heavy (non-hydrogen) atoms. The molecule has 372 valence electrons. The Morgan fingerprint density at radius 1 is 0.714 bits per heavy atom. The van der Waals surface area contributed by atoms with E-state index in [4.69, 9.17) is 38.4 Å². The lowest BCUT2D eigenvalue weighted by molar-refractivity contribution is -0.137. The Kier molecular flexibility index (Phi) is 15.4. The van der Waals surface area contributed by atoms with Gasteiger partial charge in [-0.2, -0.15) is 0 Å². The van der Waals surface area contributed by atoms with Gasteiger partial charge < -0.3 is 58.8 Å². The summed E-state index contributed by atoms with van der Waals surface area (Å²) in [6.07, 6.45) is 6.97. The Hall–Kier alpha value is -6.92. The Bertz CT molecular complexity index is 2700. The summed E-state index contributed by atoms with van der Waals surface area (Å²) in [5, 5.41) is 5.46. The minimum Gasteiger partial charge on any atom is -0.487 e. The first-order chi connectivity index (χ1) is 33.8. The second kappa shape index (κ2) is 21.8. The number of aromatic amines is 2. The number of nitrogens with zero attached hydrogens (tertiary/aromatic N) is 4. The fourth-order valence-corrected chi connectivity index (χ4v) is 9.82. The van der Waals surface area contributed by atoms with Crippen molar-refractivity contribution in [3.63, 3.8) is 0 Å². The highest BCUT2D eigenvalue weighted by Crippen LogP contribution is 2.49. The van der Waals surface area contributed by atoms with Crippen LogP contribution >= 0.6 is 0 Å². The third kappa shape index (κ3) is 10.2. The average molecular weight is 961 g/mol. The maximum absolute atomic E-state index is 14.2. The molecule has 3 aliphatic rings. The van der Waals surface area contributed by atoms with Crippen molar-refractivity contribution in [2.45, 2.75) is 77.2 Å². The molecule has 2 saturated heterocycles. The van der Waals surface area contributed by atoms with Crippen LogP contribution in [0.5, 0.6) is 11.5 Å². The second-order valence-corrected chi connectivity index (χ2v) is 18.6. The van der Waals surface area contributed by atoms with Crippen LogP contribution in [0.15, 0.2) is 72.9 Å². The summed E-state index contributed by atoms with van der Waals surface area (Å²) in [7, 11) is 5.81. The number of imidazole rings is 2. The van der Waals surface area contributed by atoms with Crippen LogP contribution in [0, 0.1) is 17.8 Å². The van der Waals surface area contributed by atoms with Crippen molar-refractivity contribution in [2.75, 3.05) is 61.4 Å². The van der Waals surface area contributed by atoms with Crippen molar-refractivity contribution >= 4 is 35.0 Å². The van der Waals surface area contributed by atoms with Crippen molar-refractivity contribution in [1.82, 2.24) is 40.4 Å². The summed E-state index contributed by atoms with van der Waals surface area (Å²) in [4.78, 5) is 72.9. The monoisotopic (exact) mass is 960 g/mol. The van der Waals surface area contributed by atoms with Gasteiger partial charge in [0.25, 0.3) is 0 Å². The van der Waals surface area contributed by atoms with Gasteiger partial charge in [-0.05, 0) is 72.1 Å². The van der Waals surface area contributed by atoms with E-state index < -0.39 is 24.3 Å². The van der Waals surface area contributed by atoms with Crippen LogP contribution in [0.4, 0.5) is 9.59 Å². The standard InChI is InChI=1S/C52H64N8O10/c1-29(2)42(57-51(63)67-7)49(61)59-21-9-10-41(59)47-54-38-20-16-33(27-39(38)55-47)31-11-13-32(14-12-31)36-18-19-37(46(70-25-23-66-6)45(36)69-24-22-65-5)40-28-53-48(56-40)44-34-15-17-35(26-34)60(44)50(62)43(30(3)4)58-52(64)68-8/h11-20,27-30,34-35,41-44H,9-10,21-26H2,1-8H3,(H,53,56)(H,54,55)(H,57,63)(H,58,64)/t34-,35+,41-,42-,43-,44-/m0/s1. The zero-order chi connectivity index (χ0) is 49.6. The SMILES string of the molecule is COCCOc1c(-c2ccc(-c3ccc4nc([C@@H]5CCCN5C(=O)[C@@H](NC(=O)OC)C(C)C)[nH]c4c3)cc2)ccc(-c2cnc([C@@H]3[C@H]4C=C[C@H](C4)N3C(=O)[C@@H](NC(=O)OC)C(C)C)[nH]2)c1OCCOC. The summed E-state index contributed by atoms with van der Waals surface area (Å²) >= 11 is 0. The Morgan fingerprint density at radius 2 is 1.33 bits per heavy atom. The zero-order valence-corrected chi connectivity index (χ0v) is 41.1.